The Bertz CT molecular complexity index is 1080. The number of aliphatic hydroxyl groups excluding tert-OH is 1. The average molecular weight is 418 g/mol. The molecule has 1 aliphatic carbocycles. The third-order valence-corrected chi connectivity index (χ3v) is 8.15. The molecule has 1 spiro atoms. The molecule has 1 saturated heterocycles. The Morgan fingerprint density at radius 2 is 2.00 bits per heavy atom. The first-order valence-corrected chi connectivity index (χ1v) is 11.6. The van der Waals surface area contributed by atoms with Crippen LogP contribution in [-0.2, 0) is 13.5 Å². The maximum Gasteiger partial charge on any atom is 0.0956 e. The Labute approximate surface area is 183 Å². The fraction of sp³-hybridized carbons (Fsp3) is 0.520. The number of nitrogens with zero attached hydrogens (tertiary/aromatic N) is 5. The van der Waals surface area contributed by atoms with Crippen molar-refractivity contribution in [2.75, 3.05) is 19.6 Å². The summed E-state index contributed by atoms with van der Waals surface area (Å²) in [5.74, 6) is 0.286. The number of fused-ring (bicyclic) bond motifs is 3. The van der Waals surface area contributed by atoms with Crippen molar-refractivity contribution >= 4 is 0 Å². The Hall–Kier alpha value is -2.44. The fourth-order valence-electron chi connectivity index (χ4n) is 6.42. The normalized spacial score (nSPS) is 26.6. The molecule has 0 radical (unpaired) electrons. The molecule has 0 bridgehead atoms. The molecule has 0 unspecified atom stereocenters. The lowest BCUT2D eigenvalue weighted by atomic mass is 9.53. The van der Waals surface area contributed by atoms with Crippen molar-refractivity contribution in [1.29, 1.82) is 0 Å². The molecule has 1 aromatic carbocycles. The van der Waals surface area contributed by atoms with Crippen LogP contribution in [0.1, 0.15) is 42.9 Å². The predicted octanol–water partition coefficient (Wildman–Crippen LogP) is 3.28. The highest BCUT2D eigenvalue weighted by Crippen LogP contribution is 2.59. The predicted molar refractivity (Wildman–Crippen MR) is 120 cm³/mol. The van der Waals surface area contributed by atoms with Gasteiger partial charge in [-0.15, -0.1) is 0 Å². The number of likely N-dealkylation sites (tertiary alicyclic amines) is 1. The van der Waals surface area contributed by atoms with Crippen molar-refractivity contribution in [2.45, 2.75) is 44.2 Å². The molecule has 2 aromatic heterocycles. The van der Waals surface area contributed by atoms with E-state index in [1.165, 1.54) is 28.8 Å². The highest BCUT2D eigenvalue weighted by atomic mass is 16.3. The van der Waals surface area contributed by atoms with E-state index >= 15 is 0 Å². The lowest BCUT2D eigenvalue weighted by molar-refractivity contribution is -0.157. The maximum atomic E-state index is 11.4. The molecule has 4 heterocycles. The van der Waals surface area contributed by atoms with Crippen LogP contribution in [0.5, 0.6) is 0 Å². The molecule has 1 saturated carbocycles. The standard InChI is InChI=1S/C25H31N5O/c1-28-16-18(14-27-28)5-4-10-29-11-8-25(9-12-29)13-21(24(25)31)23-20-7-3-2-6-19(20)22-15-26-17-30(22)23/h2-3,6-7,14-17,21,23-24,31H,4-5,8-13H2,1H3/t21-,23+,24+/m0/s1. The van der Waals surface area contributed by atoms with Gasteiger partial charge in [0.2, 0.25) is 0 Å². The monoisotopic (exact) mass is 417 g/mol. The van der Waals surface area contributed by atoms with E-state index in [9.17, 15) is 5.11 Å². The van der Waals surface area contributed by atoms with E-state index in [1.54, 1.807) is 0 Å². The molecule has 2 fully saturated rings. The topological polar surface area (TPSA) is 59.1 Å². The van der Waals surface area contributed by atoms with E-state index < -0.39 is 0 Å². The number of aromatic nitrogens is 4. The van der Waals surface area contributed by atoms with Gasteiger partial charge in [-0.1, -0.05) is 24.3 Å². The molecule has 6 nitrogen and oxygen atoms in total. The molecule has 2 aliphatic heterocycles. The van der Waals surface area contributed by atoms with E-state index in [-0.39, 0.29) is 23.5 Å². The van der Waals surface area contributed by atoms with E-state index in [0.717, 1.165) is 45.3 Å². The zero-order valence-electron chi connectivity index (χ0n) is 18.2. The Morgan fingerprint density at radius 3 is 2.77 bits per heavy atom. The minimum absolute atomic E-state index is 0.114. The van der Waals surface area contributed by atoms with Crippen molar-refractivity contribution in [3.8, 4) is 11.3 Å². The summed E-state index contributed by atoms with van der Waals surface area (Å²) in [4.78, 5) is 6.98. The summed E-state index contributed by atoms with van der Waals surface area (Å²) in [6.07, 6.45) is 13.4. The fourth-order valence-corrected chi connectivity index (χ4v) is 6.42. The quantitative estimate of drug-likeness (QED) is 0.692. The number of rotatable bonds is 5. The van der Waals surface area contributed by atoms with Gasteiger partial charge in [0.1, 0.15) is 0 Å². The van der Waals surface area contributed by atoms with Crippen LogP contribution in [0, 0.1) is 11.3 Å². The lowest BCUT2D eigenvalue weighted by Crippen LogP contribution is -2.59. The van der Waals surface area contributed by atoms with Gasteiger partial charge in [0.25, 0.3) is 0 Å². The number of aryl methyl sites for hydroxylation is 2. The van der Waals surface area contributed by atoms with Gasteiger partial charge in [-0.2, -0.15) is 5.10 Å². The number of aliphatic hydroxyl groups is 1. The Morgan fingerprint density at radius 1 is 1.16 bits per heavy atom. The van der Waals surface area contributed by atoms with Gasteiger partial charge in [0, 0.05) is 24.7 Å². The van der Waals surface area contributed by atoms with Crippen LogP contribution in [0.15, 0.2) is 49.2 Å². The van der Waals surface area contributed by atoms with Crippen LogP contribution >= 0.6 is 0 Å². The summed E-state index contributed by atoms with van der Waals surface area (Å²) >= 11 is 0. The lowest BCUT2D eigenvalue weighted by Gasteiger charge is -2.58. The zero-order chi connectivity index (χ0) is 21.0. The van der Waals surface area contributed by atoms with Crippen LogP contribution in [0.3, 0.4) is 0 Å². The van der Waals surface area contributed by atoms with Crippen molar-refractivity contribution in [3.63, 3.8) is 0 Å². The van der Waals surface area contributed by atoms with Crippen molar-refractivity contribution in [2.24, 2.45) is 18.4 Å². The first-order chi connectivity index (χ1) is 15.1. The van der Waals surface area contributed by atoms with E-state index in [4.69, 9.17) is 0 Å². The minimum Gasteiger partial charge on any atom is -0.392 e. The van der Waals surface area contributed by atoms with Crippen molar-refractivity contribution in [1.82, 2.24) is 24.2 Å². The van der Waals surface area contributed by atoms with Crippen molar-refractivity contribution < 1.29 is 5.11 Å². The number of benzene rings is 1. The largest absolute Gasteiger partial charge is 0.392 e. The second-order valence-electron chi connectivity index (χ2n) is 9.86. The third-order valence-electron chi connectivity index (χ3n) is 8.15. The van der Waals surface area contributed by atoms with E-state index in [2.05, 4.69) is 50.0 Å². The summed E-state index contributed by atoms with van der Waals surface area (Å²) in [5.41, 5.74) is 5.26. The molecule has 0 amide bonds. The first-order valence-electron chi connectivity index (χ1n) is 11.6. The summed E-state index contributed by atoms with van der Waals surface area (Å²) in [5, 5.41) is 15.6. The SMILES string of the molecule is Cn1cc(CCCN2CCC3(CC2)C[C@@H]([C@H]2c4ccccc4-c4cncn42)[C@H]3O)cn1. The van der Waals surface area contributed by atoms with Gasteiger partial charge in [-0.05, 0) is 68.3 Å². The van der Waals surface area contributed by atoms with Crippen LogP contribution in [-0.4, -0.2) is 55.1 Å². The zero-order valence-corrected chi connectivity index (χ0v) is 18.2. The molecule has 1 N–H and O–H groups in total. The molecule has 3 aliphatic rings. The number of hydrogen-bond acceptors (Lipinski definition) is 4. The summed E-state index contributed by atoms with van der Waals surface area (Å²) in [6, 6.07) is 8.87. The Kier molecular flexibility index (Phi) is 4.54. The van der Waals surface area contributed by atoms with Gasteiger partial charge >= 0.3 is 0 Å². The van der Waals surface area contributed by atoms with Gasteiger partial charge in [-0.3, -0.25) is 4.68 Å². The van der Waals surface area contributed by atoms with Gasteiger partial charge in [-0.25, -0.2) is 4.98 Å². The molecule has 162 valence electrons. The van der Waals surface area contributed by atoms with E-state index in [1.807, 2.05) is 30.5 Å². The molecular formula is C25H31N5O. The van der Waals surface area contributed by atoms with Gasteiger partial charge < -0.3 is 14.6 Å². The molecular weight excluding hydrogens is 386 g/mol. The average Bonchev–Trinajstić information content (AvgIpc) is 3.49. The number of piperidine rings is 1. The number of imidazole rings is 1. The minimum atomic E-state index is -0.226. The second kappa shape index (κ2) is 7.31. The smallest absolute Gasteiger partial charge is 0.0956 e. The summed E-state index contributed by atoms with van der Waals surface area (Å²) in [7, 11) is 1.97. The maximum absolute atomic E-state index is 11.4. The second-order valence-corrected chi connectivity index (χ2v) is 9.86. The first kappa shape index (κ1) is 19.3. The highest BCUT2D eigenvalue weighted by Gasteiger charge is 2.57. The van der Waals surface area contributed by atoms with Gasteiger partial charge in [0.15, 0.2) is 0 Å². The number of hydrogen-bond donors (Lipinski definition) is 1. The molecule has 6 rings (SSSR count). The van der Waals surface area contributed by atoms with Crippen LogP contribution in [0.4, 0.5) is 0 Å². The highest BCUT2D eigenvalue weighted by molar-refractivity contribution is 5.69. The summed E-state index contributed by atoms with van der Waals surface area (Å²) < 4.78 is 4.17. The third kappa shape index (κ3) is 3.07. The van der Waals surface area contributed by atoms with Crippen LogP contribution in [0.25, 0.3) is 11.3 Å². The van der Waals surface area contributed by atoms with Crippen LogP contribution in [0.2, 0.25) is 0 Å². The van der Waals surface area contributed by atoms with Gasteiger partial charge in [0.05, 0.1) is 36.6 Å². The molecule has 3 aromatic rings. The van der Waals surface area contributed by atoms with Crippen molar-refractivity contribution in [3.05, 3.63) is 60.3 Å². The molecule has 6 heteroatoms. The molecule has 31 heavy (non-hydrogen) atoms. The Balaban J connectivity index is 1.08. The molecule has 3 atom stereocenters. The summed E-state index contributed by atoms with van der Waals surface area (Å²) in [6.45, 7) is 3.35. The van der Waals surface area contributed by atoms with E-state index in [0.29, 0.717) is 0 Å². The van der Waals surface area contributed by atoms with Crippen LogP contribution < -0.4 is 0 Å².